The first-order chi connectivity index (χ1) is 9.63. The van der Waals surface area contributed by atoms with Gasteiger partial charge in [-0.2, -0.15) is 0 Å². The van der Waals surface area contributed by atoms with E-state index in [9.17, 15) is 4.79 Å². The second-order valence-electron chi connectivity index (χ2n) is 5.35. The van der Waals surface area contributed by atoms with Crippen molar-refractivity contribution in [2.45, 2.75) is 65.5 Å². The molecule has 1 amide bonds. The molecule has 21 heavy (non-hydrogen) atoms. The van der Waals surface area contributed by atoms with E-state index in [1.807, 2.05) is 4.90 Å². The molecule has 1 heterocycles. The fraction of sp³-hybridized carbons (Fsp3) is 0.688. The van der Waals surface area contributed by atoms with Crippen LogP contribution in [0.15, 0.2) is 16.7 Å². The van der Waals surface area contributed by atoms with Crippen LogP contribution in [0.4, 0.5) is 0 Å². The van der Waals surface area contributed by atoms with Gasteiger partial charge >= 0.3 is 0 Å². The number of rotatable bonds is 9. The molecule has 0 aliphatic rings. The van der Waals surface area contributed by atoms with Crippen molar-refractivity contribution in [1.82, 2.24) is 4.90 Å². The summed E-state index contributed by atoms with van der Waals surface area (Å²) in [6, 6.07) is 2.02. The molecule has 2 N–H and O–H groups in total. The van der Waals surface area contributed by atoms with Gasteiger partial charge in [0.1, 0.15) is 12.0 Å². The average Bonchev–Trinajstić information content (AvgIpc) is 2.92. The van der Waals surface area contributed by atoms with E-state index in [-0.39, 0.29) is 24.4 Å². The molecule has 1 aromatic heterocycles. The van der Waals surface area contributed by atoms with E-state index in [1.165, 1.54) is 6.26 Å². The first-order valence-corrected chi connectivity index (χ1v) is 7.72. The number of furan rings is 1. The molecule has 0 spiro atoms. The Morgan fingerprint density at radius 3 is 2.57 bits per heavy atom. The van der Waals surface area contributed by atoms with E-state index < -0.39 is 0 Å². The van der Waals surface area contributed by atoms with Crippen LogP contribution < -0.4 is 5.73 Å². The van der Waals surface area contributed by atoms with Crippen LogP contribution in [-0.2, 0) is 6.54 Å². The standard InChI is InChI=1S/C16H28N2O2.ClH/c1-4-6-7-9-18(13(3)8-5-2)16(19)14-10-15(11-17)20-12-14;/h10,12-13H,4-9,11,17H2,1-3H3;1H. The quantitative estimate of drug-likeness (QED) is 0.701. The summed E-state index contributed by atoms with van der Waals surface area (Å²) >= 11 is 0. The molecule has 0 fully saturated rings. The summed E-state index contributed by atoms with van der Waals surface area (Å²) in [5.74, 6) is 0.718. The Kier molecular flexibility index (Phi) is 10.2. The lowest BCUT2D eigenvalue weighted by atomic mass is 10.1. The Morgan fingerprint density at radius 2 is 2.05 bits per heavy atom. The molecule has 1 atom stereocenters. The van der Waals surface area contributed by atoms with Crippen molar-refractivity contribution in [3.05, 3.63) is 23.7 Å². The Morgan fingerprint density at radius 1 is 1.33 bits per heavy atom. The molecule has 122 valence electrons. The molecule has 0 saturated heterocycles. The molecule has 1 rings (SSSR count). The zero-order valence-corrected chi connectivity index (χ0v) is 14.2. The highest BCUT2D eigenvalue weighted by Gasteiger charge is 2.22. The second kappa shape index (κ2) is 10.7. The van der Waals surface area contributed by atoms with Gasteiger partial charge in [-0.15, -0.1) is 12.4 Å². The van der Waals surface area contributed by atoms with Gasteiger partial charge in [0.2, 0.25) is 0 Å². The van der Waals surface area contributed by atoms with Crippen molar-refractivity contribution < 1.29 is 9.21 Å². The van der Waals surface area contributed by atoms with Crippen LogP contribution >= 0.6 is 12.4 Å². The largest absolute Gasteiger partial charge is 0.467 e. The number of carbonyl (C=O) groups excluding carboxylic acids is 1. The minimum absolute atomic E-state index is 0. The summed E-state index contributed by atoms with van der Waals surface area (Å²) < 4.78 is 5.28. The first-order valence-electron chi connectivity index (χ1n) is 7.72. The molecule has 0 saturated carbocycles. The van der Waals surface area contributed by atoms with Crippen LogP contribution in [0.3, 0.4) is 0 Å². The summed E-state index contributed by atoms with van der Waals surface area (Å²) in [4.78, 5) is 14.6. The van der Waals surface area contributed by atoms with Gasteiger partial charge in [-0.05, 0) is 25.8 Å². The van der Waals surface area contributed by atoms with Crippen LogP contribution in [-0.4, -0.2) is 23.4 Å². The van der Waals surface area contributed by atoms with Crippen molar-refractivity contribution in [2.75, 3.05) is 6.54 Å². The fourth-order valence-corrected chi connectivity index (χ4v) is 2.39. The molecule has 0 aliphatic heterocycles. The van der Waals surface area contributed by atoms with Crippen molar-refractivity contribution in [3.63, 3.8) is 0 Å². The predicted octanol–water partition coefficient (Wildman–Crippen LogP) is 3.98. The summed E-state index contributed by atoms with van der Waals surface area (Å²) in [5.41, 5.74) is 6.14. The molecule has 4 nitrogen and oxygen atoms in total. The molecule has 0 aliphatic carbocycles. The zero-order chi connectivity index (χ0) is 15.0. The van der Waals surface area contributed by atoms with Crippen molar-refractivity contribution in [2.24, 2.45) is 5.73 Å². The van der Waals surface area contributed by atoms with Crippen LogP contribution in [0.1, 0.15) is 69.0 Å². The zero-order valence-electron chi connectivity index (χ0n) is 13.4. The molecule has 0 bridgehead atoms. The van der Waals surface area contributed by atoms with Gasteiger partial charge in [0, 0.05) is 12.6 Å². The third kappa shape index (κ3) is 6.10. The smallest absolute Gasteiger partial charge is 0.257 e. The van der Waals surface area contributed by atoms with E-state index in [0.717, 1.165) is 38.6 Å². The molecule has 0 radical (unpaired) electrons. The number of amides is 1. The van der Waals surface area contributed by atoms with Crippen molar-refractivity contribution in [3.8, 4) is 0 Å². The third-order valence-electron chi connectivity index (χ3n) is 3.60. The molecule has 0 aromatic carbocycles. The van der Waals surface area contributed by atoms with Gasteiger partial charge in [-0.25, -0.2) is 0 Å². The fourth-order valence-electron chi connectivity index (χ4n) is 2.39. The maximum Gasteiger partial charge on any atom is 0.257 e. The lowest BCUT2D eigenvalue weighted by Crippen LogP contribution is -2.39. The Bertz CT molecular complexity index is 407. The van der Waals surface area contributed by atoms with Gasteiger partial charge in [0.25, 0.3) is 5.91 Å². The number of unbranched alkanes of at least 4 members (excludes halogenated alkanes) is 2. The Balaban J connectivity index is 0.00000400. The maximum atomic E-state index is 12.6. The van der Waals surface area contributed by atoms with Crippen molar-refractivity contribution >= 4 is 18.3 Å². The maximum absolute atomic E-state index is 12.6. The number of hydrogen-bond acceptors (Lipinski definition) is 3. The minimum atomic E-state index is 0. The summed E-state index contributed by atoms with van der Waals surface area (Å²) in [7, 11) is 0. The van der Waals surface area contributed by atoms with Gasteiger partial charge in [-0.3, -0.25) is 4.79 Å². The van der Waals surface area contributed by atoms with Crippen LogP contribution in [0.5, 0.6) is 0 Å². The number of halogens is 1. The normalized spacial score (nSPS) is 11.8. The molecule has 1 unspecified atom stereocenters. The van der Waals surface area contributed by atoms with E-state index >= 15 is 0 Å². The Labute approximate surface area is 134 Å². The van der Waals surface area contributed by atoms with E-state index in [2.05, 4.69) is 20.8 Å². The average molecular weight is 317 g/mol. The van der Waals surface area contributed by atoms with Crippen LogP contribution in [0, 0.1) is 0 Å². The highest BCUT2D eigenvalue weighted by molar-refractivity contribution is 5.94. The molecular formula is C16H29ClN2O2. The third-order valence-corrected chi connectivity index (χ3v) is 3.60. The summed E-state index contributed by atoms with van der Waals surface area (Å²) in [6.07, 6.45) is 7.00. The van der Waals surface area contributed by atoms with E-state index in [1.54, 1.807) is 6.07 Å². The van der Waals surface area contributed by atoms with Crippen LogP contribution in [0.2, 0.25) is 0 Å². The highest BCUT2D eigenvalue weighted by Crippen LogP contribution is 2.16. The topological polar surface area (TPSA) is 59.5 Å². The van der Waals surface area contributed by atoms with Gasteiger partial charge in [0.05, 0.1) is 12.1 Å². The number of carbonyl (C=O) groups is 1. The van der Waals surface area contributed by atoms with Gasteiger partial charge in [-0.1, -0.05) is 33.1 Å². The van der Waals surface area contributed by atoms with Crippen LogP contribution in [0.25, 0.3) is 0 Å². The molecular weight excluding hydrogens is 288 g/mol. The number of nitrogens with zero attached hydrogens (tertiary/aromatic N) is 1. The monoisotopic (exact) mass is 316 g/mol. The minimum Gasteiger partial charge on any atom is -0.467 e. The molecule has 5 heteroatoms. The van der Waals surface area contributed by atoms with Gasteiger partial charge in [0.15, 0.2) is 0 Å². The van der Waals surface area contributed by atoms with E-state index in [0.29, 0.717) is 17.9 Å². The summed E-state index contributed by atoms with van der Waals surface area (Å²) in [5, 5.41) is 0. The molecule has 1 aromatic rings. The lowest BCUT2D eigenvalue weighted by molar-refractivity contribution is 0.0679. The predicted molar refractivity (Wildman–Crippen MR) is 88.8 cm³/mol. The Hall–Kier alpha value is -1.00. The number of nitrogens with two attached hydrogens (primary N) is 1. The highest BCUT2D eigenvalue weighted by atomic mass is 35.5. The van der Waals surface area contributed by atoms with Gasteiger partial charge < -0.3 is 15.1 Å². The SMILES string of the molecule is CCCCCN(C(=O)c1coc(CN)c1)C(C)CCC.Cl. The summed E-state index contributed by atoms with van der Waals surface area (Å²) in [6.45, 7) is 7.59. The van der Waals surface area contributed by atoms with Crippen molar-refractivity contribution in [1.29, 1.82) is 0 Å². The second-order valence-corrected chi connectivity index (χ2v) is 5.35. The first kappa shape index (κ1) is 20.0. The lowest BCUT2D eigenvalue weighted by Gasteiger charge is -2.29. The number of hydrogen-bond donors (Lipinski definition) is 1. The van der Waals surface area contributed by atoms with E-state index in [4.69, 9.17) is 10.2 Å².